The first-order valence-electron chi connectivity index (χ1n) is 8.36. The molecule has 1 atom stereocenters. The smallest absolute Gasteiger partial charge is 0.254 e. The van der Waals surface area contributed by atoms with Gasteiger partial charge in [-0.3, -0.25) is 14.3 Å². The average Bonchev–Trinajstić information content (AvgIpc) is 3.22. The van der Waals surface area contributed by atoms with E-state index < -0.39 is 6.04 Å². The van der Waals surface area contributed by atoms with E-state index in [-0.39, 0.29) is 11.8 Å². The standard InChI is InChI=1S/C17H23N5O2S/c1-18-15(14-10-19-20(2)11-14)17(24)22-6-3-5-21(7-8-22)16(23)13-4-9-25-12-13/h4,9-12,15,18H,3,5-8H2,1-2H3. The van der Waals surface area contributed by atoms with E-state index in [2.05, 4.69) is 10.4 Å². The fourth-order valence-electron chi connectivity index (χ4n) is 3.11. The van der Waals surface area contributed by atoms with Gasteiger partial charge in [-0.15, -0.1) is 0 Å². The Balaban J connectivity index is 1.65. The zero-order valence-electron chi connectivity index (χ0n) is 14.5. The van der Waals surface area contributed by atoms with Crippen molar-refractivity contribution in [2.45, 2.75) is 12.5 Å². The van der Waals surface area contributed by atoms with Crippen LogP contribution in [0.1, 0.15) is 28.4 Å². The number of likely N-dealkylation sites (N-methyl/N-ethyl adjacent to an activating group) is 1. The van der Waals surface area contributed by atoms with Gasteiger partial charge < -0.3 is 15.1 Å². The molecule has 1 N–H and O–H groups in total. The first kappa shape index (κ1) is 17.6. The van der Waals surface area contributed by atoms with E-state index in [0.29, 0.717) is 26.2 Å². The molecule has 0 saturated carbocycles. The van der Waals surface area contributed by atoms with Gasteiger partial charge in [-0.2, -0.15) is 16.4 Å². The summed E-state index contributed by atoms with van der Waals surface area (Å²) in [4.78, 5) is 29.1. The molecule has 3 rings (SSSR count). The largest absolute Gasteiger partial charge is 0.339 e. The lowest BCUT2D eigenvalue weighted by atomic mass is 10.1. The molecule has 3 heterocycles. The van der Waals surface area contributed by atoms with Gasteiger partial charge in [0.05, 0.1) is 11.8 Å². The molecular formula is C17H23N5O2S. The van der Waals surface area contributed by atoms with Gasteiger partial charge in [0.2, 0.25) is 5.91 Å². The van der Waals surface area contributed by atoms with Crippen molar-refractivity contribution >= 4 is 23.2 Å². The Morgan fingerprint density at radius 3 is 2.64 bits per heavy atom. The first-order chi connectivity index (χ1) is 12.1. The van der Waals surface area contributed by atoms with Crippen LogP contribution in [0.4, 0.5) is 0 Å². The fourth-order valence-corrected chi connectivity index (χ4v) is 3.74. The van der Waals surface area contributed by atoms with Gasteiger partial charge >= 0.3 is 0 Å². The molecule has 7 nitrogen and oxygen atoms in total. The van der Waals surface area contributed by atoms with Crippen molar-refractivity contribution in [3.8, 4) is 0 Å². The number of nitrogens with one attached hydrogen (secondary N) is 1. The topological polar surface area (TPSA) is 70.5 Å². The third-order valence-electron chi connectivity index (χ3n) is 4.46. The minimum Gasteiger partial charge on any atom is -0.339 e. The van der Waals surface area contributed by atoms with E-state index in [9.17, 15) is 9.59 Å². The van der Waals surface area contributed by atoms with Crippen molar-refractivity contribution in [2.75, 3.05) is 33.2 Å². The second-order valence-corrected chi connectivity index (χ2v) is 6.93. The molecule has 8 heteroatoms. The highest BCUT2D eigenvalue weighted by atomic mass is 32.1. The van der Waals surface area contributed by atoms with Crippen molar-refractivity contribution in [1.82, 2.24) is 24.9 Å². The molecule has 1 aliphatic rings. The predicted molar refractivity (Wildman–Crippen MR) is 96.4 cm³/mol. The molecule has 134 valence electrons. The molecular weight excluding hydrogens is 338 g/mol. The maximum Gasteiger partial charge on any atom is 0.254 e. The van der Waals surface area contributed by atoms with Gasteiger partial charge in [0.1, 0.15) is 6.04 Å². The predicted octanol–water partition coefficient (Wildman–Crippen LogP) is 1.12. The maximum atomic E-state index is 12.9. The molecule has 2 amide bonds. The van der Waals surface area contributed by atoms with Crippen LogP contribution in [0.15, 0.2) is 29.2 Å². The number of hydrogen-bond acceptors (Lipinski definition) is 5. The summed E-state index contributed by atoms with van der Waals surface area (Å²) in [6.07, 6.45) is 4.34. The summed E-state index contributed by atoms with van der Waals surface area (Å²) < 4.78 is 1.69. The number of carbonyl (C=O) groups is 2. The molecule has 25 heavy (non-hydrogen) atoms. The number of rotatable bonds is 4. The van der Waals surface area contributed by atoms with Crippen molar-refractivity contribution in [3.05, 3.63) is 40.3 Å². The molecule has 1 saturated heterocycles. The zero-order chi connectivity index (χ0) is 17.8. The summed E-state index contributed by atoms with van der Waals surface area (Å²) in [5.41, 5.74) is 1.58. The Morgan fingerprint density at radius 2 is 2.00 bits per heavy atom. The van der Waals surface area contributed by atoms with Crippen molar-refractivity contribution in [2.24, 2.45) is 7.05 Å². The van der Waals surface area contributed by atoms with Crippen molar-refractivity contribution < 1.29 is 9.59 Å². The van der Waals surface area contributed by atoms with Gasteiger partial charge in [0, 0.05) is 50.4 Å². The molecule has 2 aromatic rings. The van der Waals surface area contributed by atoms with E-state index in [1.54, 1.807) is 17.9 Å². The summed E-state index contributed by atoms with van der Waals surface area (Å²) >= 11 is 1.52. The van der Waals surface area contributed by atoms with Crippen LogP contribution in [-0.4, -0.2) is 64.6 Å². The van der Waals surface area contributed by atoms with E-state index in [1.807, 2.05) is 39.9 Å². The first-order valence-corrected chi connectivity index (χ1v) is 9.30. The molecule has 1 fully saturated rings. The molecule has 2 aromatic heterocycles. The van der Waals surface area contributed by atoms with Crippen LogP contribution in [0.25, 0.3) is 0 Å². The Bertz CT molecular complexity index is 727. The number of aryl methyl sites for hydroxylation is 1. The number of aromatic nitrogens is 2. The average molecular weight is 361 g/mol. The highest BCUT2D eigenvalue weighted by molar-refractivity contribution is 7.08. The lowest BCUT2D eigenvalue weighted by Gasteiger charge is -2.25. The zero-order valence-corrected chi connectivity index (χ0v) is 15.3. The fraction of sp³-hybridized carbons (Fsp3) is 0.471. The van der Waals surface area contributed by atoms with Crippen LogP contribution in [0, 0.1) is 0 Å². The van der Waals surface area contributed by atoms with Gasteiger partial charge in [-0.05, 0) is 24.9 Å². The van der Waals surface area contributed by atoms with Gasteiger partial charge in [0.25, 0.3) is 5.91 Å². The minimum atomic E-state index is -0.409. The summed E-state index contributed by atoms with van der Waals surface area (Å²) in [5.74, 6) is 0.0771. The van der Waals surface area contributed by atoms with E-state index in [1.165, 1.54) is 11.3 Å². The molecule has 1 unspecified atom stereocenters. The van der Waals surface area contributed by atoms with Gasteiger partial charge in [-0.25, -0.2) is 0 Å². The second-order valence-electron chi connectivity index (χ2n) is 6.15. The highest BCUT2D eigenvalue weighted by Gasteiger charge is 2.28. The number of thiophene rings is 1. The van der Waals surface area contributed by atoms with Gasteiger partial charge in [0.15, 0.2) is 0 Å². The Labute approximate surface area is 151 Å². The molecule has 1 aliphatic heterocycles. The SMILES string of the molecule is CNC(C(=O)N1CCCN(C(=O)c2ccsc2)CC1)c1cnn(C)c1. The van der Waals surface area contributed by atoms with Crippen LogP contribution in [0.5, 0.6) is 0 Å². The van der Waals surface area contributed by atoms with Crippen molar-refractivity contribution in [1.29, 1.82) is 0 Å². The van der Waals surface area contributed by atoms with Crippen LogP contribution in [-0.2, 0) is 11.8 Å². The van der Waals surface area contributed by atoms with Crippen LogP contribution in [0.3, 0.4) is 0 Å². The summed E-state index contributed by atoms with van der Waals surface area (Å²) in [6.45, 7) is 2.44. The molecule has 0 aliphatic carbocycles. The number of nitrogens with zero attached hydrogens (tertiary/aromatic N) is 4. The Kier molecular flexibility index (Phi) is 5.50. The Morgan fingerprint density at radius 1 is 1.24 bits per heavy atom. The van der Waals surface area contributed by atoms with Crippen LogP contribution >= 0.6 is 11.3 Å². The normalized spacial score (nSPS) is 16.6. The monoisotopic (exact) mass is 361 g/mol. The molecule has 0 spiro atoms. The number of carbonyl (C=O) groups excluding carboxylic acids is 2. The summed E-state index contributed by atoms with van der Waals surface area (Å²) in [5, 5.41) is 11.0. The molecule has 0 aromatic carbocycles. The maximum absolute atomic E-state index is 12.9. The number of hydrogen-bond donors (Lipinski definition) is 1. The Hall–Kier alpha value is -2.19. The highest BCUT2D eigenvalue weighted by Crippen LogP contribution is 2.17. The van der Waals surface area contributed by atoms with Crippen LogP contribution < -0.4 is 5.32 Å². The number of amides is 2. The summed E-state index contributed by atoms with van der Waals surface area (Å²) in [7, 11) is 3.61. The minimum absolute atomic E-state index is 0.0281. The summed E-state index contributed by atoms with van der Waals surface area (Å²) in [6, 6.07) is 1.44. The van der Waals surface area contributed by atoms with E-state index in [4.69, 9.17) is 0 Å². The third-order valence-corrected chi connectivity index (χ3v) is 5.14. The third kappa shape index (κ3) is 3.91. The van der Waals surface area contributed by atoms with Crippen LogP contribution in [0.2, 0.25) is 0 Å². The second kappa shape index (κ2) is 7.79. The quantitative estimate of drug-likeness (QED) is 0.886. The van der Waals surface area contributed by atoms with E-state index in [0.717, 1.165) is 17.5 Å². The lowest BCUT2D eigenvalue weighted by Crippen LogP contribution is -2.42. The van der Waals surface area contributed by atoms with Gasteiger partial charge in [-0.1, -0.05) is 0 Å². The molecule has 0 radical (unpaired) electrons. The molecule has 0 bridgehead atoms. The van der Waals surface area contributed by atoms with E-state index >= 15 is 0 Å². The lowest BCUT2D eigenvalue weighted by molar-refractivity contribution is -0.133. The van der Waals surface area contributed by atoms with Crippen molar-refractivity contribution in [3.63, 3.8) is 0 Å².